The zero-order chi connectivity index (χ0) is 18.7. The lowest BCUT2D eigenvalue weighted by atomic mass is 10.1. The number of ether oxygens (including phenoxy) is 1. The van der Waals surface area contributed by atoms with Crippen molar-refractivity contribution in [2.45, 2.75) is 39.2 Å². The van der Waals surface area contributed by atoms with E-state index in [4.69, 9.17) is 16.3 Å². The summed E-state index contributed by atoms with van der Waals surface area (Å²) in [5.41, 5.74) is 1.04. The molecular weight excluding hydrogens is 340 g/mol. The first kappa shape index (κ1) is 21.1. The molecule has 0 saturated carbocycles. The summed E-state index contributed by atoms with van der Waals surface area (Å²) in [5, 5.41) is 9.98. The number of amides is 1. The first-order valence-electron chi connectivity index (χ1n) is 8.56. The fourth-order valence-corrected chi connectivity index (χ4v) is 2.40. The normalized spacial score (nSPS) is 12.4. The lowest BCUT2D eigenvalue weighted by Gasteiger charge is -2.14. The van der Waals surface area contributed by atoms with Gasteiger partial charge in [-0.1, -0.05) is 24.6 Å². The second-order valence-corrected chi connectivity index (χ2v) is 6.17. The Hall–Kier alpha value is -1.95. The smallest absolute Gasteiger partial charge is 0.221 e. The van der Waals surface area contributed by atoms with Gasteiger partial charge in [-0.2, -0.15) is 0 Å². The van der Waals surface area contributed by atoms with Gasteiger partial charge in [-0.3, -0.25) is 9.79 Å². The van der Waals surface area contributed by atoms with Crippen molar-refractivity contribution >= 4 is 23.5 Å². The fourth-order valence-electron chi connectivity index (χ4n) is 2.14. The van der Waals surface area contributed by atoms with Crippen molar-refractivity contribution in [1.82, 2.24) is 16.0 Å². The Labute approximate surface area is 155 Å². The molecule has 0 radical (unpaired) electrons. The number of hydrogen-bond acceptors (Lipinski definition) is 3. The SMILES string of the molecule is CCC(C)NC(=O)CCNC(=NC)NCCc1ccc(OC)cc1Cl. The maximum Gasteiger partial charge on any atom is 0.221 e. The molecule has 1 aromatic rings. The molecule has 1 aromatic carbocycles. The average molecular weight is 369 g/mol. The third kappa shape index (κ3) is 8.12. The van der Waals surface area contributed by atoms with Crippen LogP contribution in [0, 0.1) is 0 Å². The Balaban J connectivity index is 2.32. The molecule has 1 atom stereocenters. The summed E-state index contributed by atoms with van der Waals surface area (Å²) in [7, 11) is 3.32. The molecule has 3 N–H and O–H groups in total. The predicted octanol–water partition coefficient (Wildman–Crippen LogP) is 2.36. The molecule has 0 spiro atoms. The molecule has 0 fully saturated rings. The van der Waals surface area contributed by atoms with Crippen molar-refractivity contribution in [3.63, 3.8) is 0 Å². The molecular formula is C18H29ClN4O2. The maximum atomic E-state index is 11.7. The number of carbonyl (C=O) groups is 1. The van der Waals surface area contributed by atoms with Gasteiger partial charge < -0.3 is 20.7 Å². The highest BCUT2D eigenvalue weighted by Crippen LogP contribution is 2.22. The van der Waals surface area contributed by atoms with Crippen molar-refractivity contribution < 1.29 is 9.53 Å². The molecule has 6 nitrogen and oxygen atoms in total. The van der Waals surface area contributed by atoms with Crippen LogP contribution in [-0.4, -0.2) is 45.2 Å². The second-order valence-electron chi connectivity index (χ2n) is 5.76. The van der Waals surface area contributed by atoms with E-state index in [9.17, 15) is 4.79 Å². The summed E-state index contributed by atoms with van der Waals surface area (Å²) in [4.78, 5) is 15.9. The first-order chi connectivity index (χ1) is 12.0. The molecule has 0 aromatic heterocycles. The zero-order valence-corrected chi connectivity index (χ0v) is 16.2. The van der Waals surface area contributed by atoms with Gasteiger partial charge in [0.05, 0.1) is 7.11 Å². The molecule has 1 rings (SSSR count). The van der Waals surface area contributed by atoms with Crippen LogP contribution in [0.2, 0.25) is 5.02 Å². The Morgan fingerprint density at radius 2 is 2.04 bits per heavy atom. The van der Waals surface area contributed by atoms with E-state index >= 15 is 0 Å². The highest BCUT2D eigenvalue weighted by molar-refractivity contribution is 6.31. The first-order valence-corrected chi connectivity index (χ1v) is 8.94. The van der Waals surface area contributed by atoms with E-state index in [2.05, 4.69) is 20.9 Å². The molecule has 0 bridgehead atoms. The molecule has 0 saturated heterocycles. The number of nitrogens with one attached hydrogen (secondary N) is 3. The van der Waals surface area contributed by atoms with Gasteiger partial charge >= 0.3 is 0 Å². The van der Waals surface area contributed by atoms with Crippen molar-refractivity contribution in [3.05, 3.63) is 28.8 Å². The molecule has 1 amide bonds. The summed E-state index contributed by atoms with van der Waals surface area (Å²) in [5.74, 6) is 1.46. The van der Waals surface area contributed by atoms with Crippen molar-refractivity contribution in [2.24, 2.45) is 4.99 Å². The van der Waals surface area contributed by atoms with Crippen molar-refractivity contribution in [1.29, 1.82) is 0 Å². The molecule has 140 valence electrons. The van der Waals surface area contributed by atoms with Crippen LogP contribution in [0.25, 0.3) is 0 Å². The summed E-state index contributed by atoms with van der Waals surface area (Å²) < 4.78 is 5.14. The van der Waals surface area contributed by atoms with Gasteiger partial charge in [-0.25, -0.2) is 0 Å². The van der Waals surface area contributed by atoms with E-state index in [1.807, 2.05) is 26.0 Å². The molecule has 0 aliphatic rings. The Bertz CT molecular complexity index is 578. The second kappa shape index (κ2) is 11.6. The number of rotatable bonds is 9. The zero-order valence-electron chi connectivity index (χ0n) is 15.5. The molecule has 7 heteroatoms. The number of benzene rings is 1. The topological polar surface area (TPSA) is 74.8 Å². The van der Waals surface area contributed by atoms with Crippen LogP contribution in [0.1, 0.15) is 32.3 Å². The van der Waals surface area contributed by atoms with E-state index in [0.29, 0.717) is 30.5 Å². The van der Waals surface area contributed by atoms with Gasteiger partial charge in [0.15, 0.2) is 5.96 Å². The van der Waals surface area contributed by atoms with Crippen LogP contribution in [-0.2, 0) is 11.2 Å². The quantitative estimate of drug-likeness (QED) is 0.462. The van der Waals surface area contributed by atoms with Gasteiger partial charge in [0.2, 0.25) is 5.91 Å². The van der Waals surface area contributed by atoms with Gasteiger partial charge in [-0.05, 0) is 37.5 Å². The summed E-state index contributed by atoms with van der Waals surface area (Å²) in [6.45, 7) is 5.26. The van der Waals surface area contributed by atoms with Gasteiger partial charge in [-0.15, -0.1) is 0 Å². The number of methoxy groups -OCH3 is 1. The average Bonchev–Trinajstić information content (AvgIpc) is 2.61. The molecule has 0 aliphatic heterocycles. The van der Waals surface area contributed by atoms with Crippen LogP contribution >= 0.6 is 11.6 Å². The minimum absolute atomic E-state index is 0.0438. The minimum atomic E-state index is 0.0438. The molecule has 1 unspecified atom stereocenters. The third-order valence-electron chi connectivity index (χ3n) is 3.83. The Morgan fingerprint density at radius 3 is 2.64 bits per heavy atom. The summed E-state index contributed by atoms with van der Waals surface area (Å²) >= 11 is 6.23. The summed E-state index contributed by atoms with van der Waals surface area (Å²) in [6, 6.07) is 5.86. The number of carbonyl (C=O) groups excluding carboxylic acids is 1. The number of aliphatic imine (C=N–C) groups is 1. The predicted molar refractivity (Wildman–Crippen MR) is 104 cm³/mol. The van der Waals surface area contributed by atoms with Gasteiger partial charge in [0, 0.05) is 37.6 Å². The third-order valence-corrected chi connectivity index (χ3v) is 4.19. The van der Waals surface area contributed by atoms with E-state index in [0.717, 1.165) is 24.2 Å². The van der Waals surface area contributed by atoms with Crippen molar-refractivity contribution in [2.75, 3.05) is 27.2 Å². The lowest BCUT2D eigenvalue weighted by Crippen LogP contribution is -2.41. The Morgan fingerprint density at radius 1 is 1.32 bits per heavy atom. The van der Waals surface area contributed by atoms with Crippen LogP contribution in [0.3, 0.4) is 0 Å². The fraction of sp³-hybridized carbons (Fsp3) is 0.556. The van der Waals surface area contributed by atoms with Crippen LogP contribution in [0.15, 0.2) is 23.2 Å². The van der Waals surface area contributed by atoms with E-state index in [1.165, 1.54) is 0 Å². The molecule has 25 heavy (non-hydrogen) atoms. The van der Waals surface area contributed by atoms with E-state index in [-0.39, 0.29) is 11.9 Å². The van der Waals surface area contributed by atoms with E-state index < -0.39 is 0 Å². The monoisotopic (exact) mass is 368 g/mol. The standard InChI is InChI=1S/C18H29ClN4O2/c1-5-13(2)23-17(24)9-11-22-18(20-3)21-10-8-14-6-7-15(25-4)12-16(14)19/h6-7,12-13H,5,8-11H2,1-4H3,(H,23,24)(H2,20,21,22). The van der Waals surface area contributed by atoms with Crippen LogP contribution < -0.4 is 20.7 Å². The van der Waals surface area contributed by atoms with Crippen LogP contribution in [0.5, 0.6) is 5.75 Å². The summed E-state index contributed by atoms with van der Waals surface area (Å²) in [6.07, 6.45) is 2.10. The largest absolute Gasteiger partial charge is 0.497 e. The minimum Gasteiger partial charge on any atom is -0.497 e. The Kier molecular flexibility index (Phi) is 9.77. The van der Waals surface area contributed by atoms with Crippen molar-refractivity contribution in [3.8, 4) is 5.75 Å². The molecule has 0 heterocycles. The van der Waals surface area contributed by atoms with Gasteiger partial charge in [0.1, 0.15) is 5.75 Å². The maximum absolute atomic E-state index is 11.7. The lowest BCUT2D eigenvalue weighted by molar-refractivity contribution is -0.121. The number of halogens is 1. The van der Waals surface area contributed by atoms with Gasteiger partial charge in [0.25, 0.3) is 0 Å². The highest BCUT2D eigenvalue weighted by atomic mass is 35.5. The highest BCUT2D eigenvalue weighted by Gasteiger charge is 2.06. The molecule has 0 aliphatic carbocycles. The number of hydrogen-bond donors (Lipinski definition) is 3. The van der Waals surface area contributed by atoms with E-state index in [1.54, 1.807) is 20.2 Å². The number of guanidine groups is 1. The van der Waals surface area contributed by atoms with Crippen LogP contribution in [0.4, 0.5) is 0 Å². The number of nitrogens with zero attached hydrogens (tertiary/aromatic N) is 1.